The van der Waals surface area contributed by atoms with Crippen LogP contribution in [0.25, 0.3) is 0 Å². The topological polar surface area (TPSA) is 89.4 Å². The van der Waals surface area contributed by atoms with Crippen molar-refractivity contribution in [2.75, 3.05) is 6.54 Å². The van der Waals surface area contributed by atoms with Gasteiger partial charge in [-0.1, -0.05) is 6.92 Å². The molecule has 1 atom stereocenters. The fourth-order valence-corrected chi connectivity index (χ4v) is 1.21. The van der Waals surface area contributed by atoms with Crippen LogP contribution in [0.1, 0.15) is 33.6 Å². The normalized spacial score (nSPS) is 12.6. The molecule has 0 radical (unpaired) electrons. The van der Waals surface area contributed by atoms with Crippen LogP contribution in [0.4, 0.5) is 0 Å². The van der Waals surface area contributed by atoms with Crippen molar-refractivity contribution >= 4 is 11.8 Å². The second kappa shape index (κ2) is 6.40. The molecule has 0 aliphatic heterocycles. The molecule has 4 N–H and O–H groups in total. The standard InChI is InChI=1S/C10H21N3O2/c1-4-8(11)5-10(15)13(7(2)3)6-9(12)14/h7-8H,4-6,11H2,1-3H3,(H2,12,14). The van der Waals surface area contributed by atoms with Crippen LogP contribution in [0, 0.1) is 0 Å². The molecule has 88 valence electrons. The first-order chi connectivity index (χ1) is 6.88. The third-order valence-corrected chi connectivity index (χ3v) is 2.23. The number of carbonyl (C=O) groups is 2. The Bertz CT molecular complexity index is 229. The molecule has 15 heavy (non-hydrogen) atoms. The highest BCUT2D eigenvalue weighted by molar-refractivity contribution is 5.84. The van der Waals surface area contributed by atoms with E-state index in [1.54, 1.807) is 0 Å². The lowest BCUT2D eigenvalue weighted by Crippen LogP contribution is -2.44. The van der Waals surface area contributed by atoms with E-state index in [0.29, 0.717) is 0 Å². The minimum Gasteiger partial charge on any atom is -0.368 e. The Kier molecular flexibility index (Phi) is 5.93. The molecule has 0 saturated heterocycles. The number of hydrogen-bond donors (Lipinski definition) is 2. The summed E-state index contributed by atoms with van der Waals surface area (Å²) in [6.45, 7) is 5.58. The minimum atomic E-state index is -0.498. The van der Waals surface area contributed by atoms with Gasteiger partial charge in [-0.15, -0.1) is 0 Å². The lowest BCUT2D eigenvalue weighted by molar-refractivity contribution is -0.137. The monoisotopic (exact) mass is 215 g/mol. The molecule has 0 aromatic heterocycles. The number of hydrogen-bond acceptors (Lipinski definition) is 3. The van der Waals surface area contributed by atoms with Crippen molar-refractivity contribution in [2.45, 2.75) is 45.7 Å². The number of amides is 2. The molecule has 0 aliphatic rings. The SMILES string of the molecule is CCC(N)CC(=O)N(CC(N)=O)C(C)C. The predicted molar refractivity (Wildman–Crippen MR) is 58.9 cm³/mol. The fourth-order valence-electron chi connectivity index (χ4n) is 1.21. The molecule has 0 saturated carbocycles. The van der Waals surface area contributed by atoms with Gasteiger partial charge >= 0.3 is 0 Å². The van der Waals surface area contributed by atoms with E-state index in [4.69, 9.17) is 11.5 Å². The van der Waals surface area contributed by atoms with Crippen LogP contribution in [0.5, 0.6) is 0 Å². The first kappa shape index (κ1) is 13.9. The summed E-state index contributed by atoms with van der Waals surface area (Å²) in [5, 5.41) is 0. The van der Waals surface area contributed by atoms with Gasteiger partial charge in [0.1, 0.15) is 0 Å². The minimum absolute atomic E-state index is 0.0333. The number of carbonyl (C=O) groups excluding carboxylic acids is 2. The van der Waals surface area contributed by atoms with Gasteiger partial charge < -0.3 is 16.4 Å². The summed E-state index contributed by atoms with van der Waals surface area (Å²) >= 11 is 0. The van der Waals surface area contributed by atoms with Gasteiger partial charge in [0.25, 0.3) is 0 Å². The van der Waals surface area contributed by atoms with Gasteiger partial charge in [0, 0.05) is 18.5 Å². The lowest BCUT2D eigenvalue weighted by atomic mass is 10.1. The Balaban J connectivity index is 4.35. The summed E-state index contributed by atoms with van der Waals surface area (Å²) in [5.74, 6) is -0.611. The fraction of sp³-hybridized carbons (Fsp3) is 0.800. The number of nitrogens with two attached hydrogens (primary N) is 2. The number of primary amides is 1. The predicted octanol–water partition coefficient (Wildman–Crippen LogP) is -0.164. The molecule has 0 bridgehead atoms. The van der Waals surface area contributed by atoms with Gasteiger partial charge in [-0.05, 0) is 20.3 Å². The molecule has 1 unspecified atom stereocenters. The van der Waals surface area contributed by atoms with Crippen molar-refractivity contribution in [1.82, 2.24) is 4.90 Å². The van der Waals surface area contributed by atoms with E-state index in [-0.39, 0.29) is 31.0 Å². The highest BCUT2D eigenvalue weighted by atomic mass is 16.2. The lowest BCUT2D eigenvalue weighted by Gasteiger charge is -2.26. The maximum Gasteiger partial charge on any atom is 0.237 e. The van der Waals surface area contributed by atoms with Gasteiger partial charge in [0.2, 0.25) is 11.8 Å². The van der Waals surface area contributed by atoms with Crippen LogP contribution in [0.15, 0.2) is 0 Å². The molecule has 0 aromatic carbocycles. The maximum atomic E-state index is 11.7. The quantitative estimate of drug-likeness (QED) is 0.645. The van der Waals surface area contributed by atoms with Crippen molar-refractivity contribution in [3.05, 3.63) is 0 Å². The van der Waals surface area contributed by atoms with E-state index in [9.17, 15) is 9.59 Å². The highest BCUT2D eigenvalue weighted by Crippen LogP contribution is 2.04. The van der Waals surface area contributed by atoms with Gasteiger partial charge in [-0.25, -0.2) is 0 Å². The zero-order chi connectivity index (χ0) is 12.0. The highest BCUT2D eigenvalue weighted by Gasteiger charge is 2.20. The molecular weight excluding hydrogens is 194 g/mol. The van der Waals surface area contributed by atoms with Gasteiger partial charge in [0.15, 0.2) is 0 Å². The van der Waals surface area contributed by atoms with E-state index in [0.717, 1.165) is 6.42 Å². The molecular formula is C10H21N3O2. The van der Waals surface area contributed by atoms with E-state index in [1.165, 1.54) is 4.90 Å². The molecule has 0 fully saturated rings. The second-order valence-electron chi connectivity index (χ2n) is 3.95. The van der Waals surface area contributed by atoms with Crippen molar-refractivity contribution in [3.8, 4) is 0 Å². The van der Waals surface area contributed by atoms with Crippen LogP contribution in [0.2, 0.25) is 0 Å². The molecule has 2 amide bonds. The van der Waals surface area contributed by atoms with Gasteiger partial charge in [-0.3, -0.25) is 9.59 Å². The van der Waals surface area contributed by atoms with Crippen LogP contribution < -0.4 is 11.5 Å². The Morgan fingerprint density at radius 1 is 1.33 bits per heavy atom. The Labute approximate surface area is 90.8 Å². The Morgan fingerprint density at radius 2 is 1.87 bits per heavy atom. The first-order valence-corrected chi connectivity index (χ1v) is 5.21. The largest absolute Gasteiger partial charge is 0.368 e. The van der Waals surface area contributed by atoms with Crippen molar-refractivity contribution < 1.29 is 9.59 Å². The van der Waals surface area contributed by atoms with E-state index >= 15 is 0 Å². The molecule has 0 rings (SSSR count). The average Bonchev–Trinajstić information content (AvgIpc) is 2.12. The Morgan fingerprint density at radius 3 is 2.20 bits per heavy atom. The van der Waals surface area contributed by atoms with Crippen molar-refractivity contribution in [2.24, 2.45) is 11.5 Å². The first-order valence-electron chi connectivity index (χ1n) is 5.21. The second-order valence-corrected chi connectivity index (χ2v) is 3.95. The smallest absolute Gasteiger partial charge is 0.237 e. The molecule has 5 heteroatoms. The average molecular weight is 215 g/mol. The number of nitrogens with zero attached hydrogens (tertiary/aromatic N) is 1. The molecule has 0 spiro atoms. The third kappa shape index (κ3) is 5.37. The zero-order valence-electron chi connectivity index (χ0n) is 9.69. The van der Waals surface area contributed by atoms with E-state index < -0.39 is 5.91 Å². The number of rotatable bonds is 6. The van der Waals surface area contributed by atoms with E-state index in [1.807, 2.05) is 20.8 Å². The van der Waals surface area contributed by atoms with Crippen LogP contribution in [-0.4, -0.2) is 35.3 Å². The summed E-state index contributed by atoms with van der Waals surface area (Å²) in [7, 11) is 0. The zero-order valence-corrected chi connectivity index (χ0v) is 9.69. The van der Waals surface area contributed by atoms with Crippen LogP contribution in [-0.2, 0) is 9.59 Å². The summed E-state index contributed by atoms with van der Waals surface area (Å²) in [6.07, 6.45) is 1.01. The molecule has 0 heterocycles. The summed E-state index contributed by atoms with van der Waals surface area (Å²) < 4.78 is 0. The van der Waals surface area contributed by atoms with E-state index in [2.05, 4.69) is 0 Å². The molecule has 0 aliphatic carbocycles. The van der Waals surface area contributed by atoms with Crippen LogP contribution >= 0.6 is 0 Å². The van der Waals surface area contributed by atoms with Crippen LogP contribution in [0.3, 0.4) is 0 Å². The third-order valence-electron chi connectivity index (χ3n) is 2.23. The maximum absolute atomic E-state index is 11.7. The van der Waals surface area contributed by atoms with Gasteiger partial charge in [0.05, 0.1) is 6.54 Å². The Hall–Kier alpha value is -1.10. The summed E-state index contributed by atoms with van der Waals surface area (Å²) in [5.41, 5.74) is 10.7. The molecule has 5 nitrogen and oxygen atoms in total. The van der Waals surface area contributed by atoms with Crippen molar-refractivity contribution in [1.29, 1.82) is 0 Å². The summed E-state index contributed by atoms with van der Waals surface area (Å²) in [6, 6.07) is -0.180. The van der Waals surface area contributed by atoms with Gasteiger partial charge in [-0.2, -0.15) is 0 Å². The molecule has 0 aromatic rings. The summed E-state index contributed by atoms with van der Waals surface area (Å²) in [4.78, 5) is 24.0. The van der Waals surface area contributed by atoms with Crippen molar-refractivity contribution in [3.63, 3.8) is 0 Å².